The second-order valence-corrected chi connectivity index (χ2v) is 11.3. The molecule has 212 valence electrons. The van der Waals surface area contributed by atoms with Gasteiger partial charge in [-0.05, 0) is 71.3 Å². The zero-order chi connectivity index (χ0) is 29.7. The van der Waals surface area contributed by atoms with Crippen LogP contribution in [0.3, 0.4) is 0 Å². The van der Waals surface area contributed by atoms with E-state index in [-0.39, 0.29) is 0 Å². The summed E-state index contributed by atoms with van der Waals surface area (Å²) in [7, 11) is 0. The van der Waals surface area contributed by atoms with E-state index in [1.807, 2.05) is 24.3 Å². The van der Waals surface area contributed by atoms with Gasteiger partial charge in [-0.15, -0.1) is 0 Å². The quantitative estimate of drug-likeness (QED) is 0.204. The Hall–Kier alpha value is -6.06. The van der Waals surface area contributed by atoms with Crippen molar-refractivity contribution < 1.29 is 8.83 Å². The SMILES string of the molecule is c1ccc(-c2ccccc2N(c2ccc(-c3ccc4oc5ccccc5c4c3)cc2)c2cccc3oc4ccccc4c23)cc1. The standard InChI is InChI=1S/C42H27NO2/c1-2-11-29(12-3-1)32-13-4-7-16-36(32)43(37-17-10-20-41-42(37)34-15-6-9-19-39(34)45-41)31-24-21-28(22-25-31)30-23-26-40-35(27-30)33-14-5-8-18-38(33)44-40/h1-27H. The minimum atomic E-state index is 0.869. The van der Waals surface area contributed by atoms with Crippen molar-refractivity contribution in [1.29, 1.82) is 0 Å². The van der Waals surface area contributed by atoms with Crippen molar-refractivity contribution in [2.75, 3.05) is 4.90 Å². The zero-order valence-corrected chi connectivity index (χ0v) is 24.4. The van der Waals surface area contributed by atoms with Crippen LogP contribution in [-0.2, 0) is 0 Å². The van der Waals surface area contributed by atoms with E-state index in [1.165, 1.54) is 5.56 Å². The van der Waals surface area contributed by atoms with Gasteiger partial charge in [-0.1, -0.05) is 109 Å². The fourth-order valence-corrected chi connectivity index (χ4v) is 6.59. The highest BCUT2D eigenvalue weighted by Gasteiger charge is 2.21. The fraction of sp³-hybridized carbons (Fsp3) is 0. The highest BCUT2D eigenvalue weighted by Crippen LogP contribution is 2.46. The Labute approximate surface area is 260 Å². The molecule has 0 aliphatic carbocycles. The molecule has 3 nitrogen and oxygen atoms in total. The average molecular weight is 578 g/mol. The molecule has 45 heavy (non-hydrogen) atoms. The molecule has 0 amide bonds. The molecule has 2 heterocycles. The third-order valence-electron chi connectivity index (χ3n) is 8.69. The largest absolute Gasteiger partial charge is 0.456 e. The van der Waals surface area contributed by atoms with E-state index >= 15 is 0 Å². The molecule has 0 saturated carbocycles. The number of nitrogens with zero attached hydrogens (tertiary/aromatic N) is 1. The molecule has 0 spiro atoms. The number of fused-ring (bicyclic) bond motifs is 6. The summed E-state index contributed by atoms with van der Waals surface area (Å²) in [5.74, 6) is 0. The second-order valence-electron chi connectivity index (χ2n) is 11.3. The molecule has 0 atom stereocenters. The lowest BCUT2D eigenvalue weighted by atomic mass is 9.99. The molecule has 3 heteroatoms. The maximum absolute atomic E-state index is 6.33. The number of anilines is 3. The van der Waals surface area contributed by atoms with E-state index in [9.17, 15) is 0 Å². The molecule has 9 aromatic rings. The van der Waals surface area contributed by atoms with Crippen LogP contribution in [0.15, 0.2) is 173 Å². The normalized spacial score (nSPS) is 11.6. The Bertz CT molecular complexity index is 2490. The highest BCUT2D eigenvalue weighted by molar-refractivity contribution is 6.14. The van der Waals surface area contributed by atoms with Crippen LogP contribution in [-0.4, -0.2) is 0 Å². The van der Waals surface area contributed by atoms with Gasteiger partial charge in [-0.25, -0.2) is 0 Å². The van der Waals surface area contributed by atoms with Gasteiger partial charge in [0.15, 0.2) is 0 Å². The van der Waals surface area contributed by atoms with Crippen LogP contribution in [0.2, 0.25) is 0 Å². The van der Waals surface area contributed by atoms with Crippen LogP contribution < -0.4 is 4.90 Å². The van der Waals surface area contributed by atoms with Crippen LogP contribution >= 0.6 is 0 Å². The maximum Gasteiger partial charge on any atom is 0.137 e. The Morgan fingerprint density at radius 3 is 1.80 bits per heavy atom. The first-order valence-electron chi connectivity index (χ1n) is 15.2. The van der Waals surface area contributed by atoms with Crippen molar-refractivity contribution in [3.05, 3.63) is 164 Å². The van der Waals surface area contributed by atoms with E-state index < -0.39 is 0 Å². The van der Waals surface area contributed by atoms with Crippen molar-refractivity contribution in [2.24, 2.45) is 0 Å². The van der Waals surface area contributed by atoms with Gasteiger partial charge in [0.1, 0.15) is 22.3 Å². The van der Waals surface area contributed by atoms with Crippen molar-refractivity contribution >= 4 is 60.9 Å². The third kappa shape index (κ3) is 4.21. The molecule has 0 unspecified atom stereocenters. The topological polar surface area (TPSA) is 29.5 Å². The number of rotatable bonds is 5. The molecular formula is C42H27NO2. The van der Waals surface area contributed by atoms with Crippen LogP contribution in [0.4, 0.5) is 17.1 Å². The van der Waals surface area contributed by atoms with Gasteiger partial charge in [0.25, 0.3) is 0 Å². The smallest absolute Gasteiger partial charge is 0.137 e. The van der Waals surface area contributed by atoms with Gasteiger partial charge in [0, 0.05) is 27.4 Å². The number of benzene rings is 7. The van der Waals surface area contributed by atoms with Crippen molar-refractivity contribution in [3.8, 4) is 22.3 Å². The summed E-state index contributed by atoms with van der Waals surface area (Å²) < 4.78 is 12.4. The summed E-state index contributed by atoms with van der Waals surface area (Å²) in [6, 6.07) is 57.3. The lowest BCUT2D eigenvalue weighted by molar-refractivity contribution is 0.668. The third-order valence-corrected chi connectivity index (χ3v) is 8.69. The Morgan fingerprint density at radius 2 is 0.956 bits per heavy atom. The monoisotopic (exact) mass is 577 g/mol. The number of hydrogen-bond acceptors (Lipinski definition) is 3. The molecule has 2 aromatic heterocycles. The molecule has 9 rings (SSSR count). The lowest BCUT2D eigenvalue weighted by Gasteiger charge is -2.28. The zero-order valence-electron chi connectivity index (χ0n) is 24.4. The van der Waals surface area contributed by atoms with Crippen LogP contribution in [0.1, 0.15) is 0 Å². The van der Waals surface area contributed by atoms with Crippen LogP contribution in [0.25, 0.3) is 66.1 Å². The molecule has 0 radical (unpaired) electrons. The molecule has 7 aromatic carbocycles. The van der Waals surface area contributed by atoms with Gasteiger partial charge in [0.2, 0.25) is 0 Å². The number of furan rings is 2. The van der Waals surface area contributed by atoms with Gasteiger partial charge in [0.05, 0.1) is 16.8 Å². The van der Waals surface area contributed by atoms with Crippen LogP contribution in [0.5, 0.6) is 0 Å². The van der Waals surface area contributed by atoms with Gasteiger partial charge in [-0.3, -0.25) is 0 Å². The second kappa shape index (κ2) is 10.3. The minimum absolute atomic E-state index is 0.869. The predicted octanol–water partition coefficient (Wildman–Crippen LogP) is 12.3. The van der Waals surface area contributed by atoms with Gasteiger partial charge in [-0.2, -0.15) is 0 Å². The molecule has 0 bridgehead atoms. The molecule has 0 N–H and O–H groups in total. The fourth-order valence-electron chi connectivity index (χ4n) is 6.59. The van der Waals surface area contributed by atoms with E-state index in [2.05, 4.69) is 144 Å². The Balaban J connectivity index is 1.24. The molecule has 0 saturated heterocycles. The highest BCUT2D eigenvalue weighted by atomic mass is 16.3. The minimum Gasteiger partial charge on any atom is -0.456 e. The molecule has 0 aliphatic heterocycles. The summed E-state index contributed by atoms with van der Waals surface area (Å²) in [4.78, 5) is 2.36. The van der Waals surface area contributed by atoms with E-state index in [1.54, 1.807) is 0 Å². The molecular weight excluding hydrogens is 550 g/mol. The predicted molar refractivity (Wildman–Crippen MR) is 187 cm³/mol. The van der Waals surface area contributed by atoms with E-state index in [0.29, 0.717) is 0 Å². The summed E-state index contributed by atoms with van der Waals surface area (Å²) in [5.41, 5.74) is 11.4. The summed E-state index contributed by atoms with van der Waals surface area (Å²) in [6.07, 6.45) is 0. The van der Waals surface area contributed by atoms with Crippen molar-refractivity contribution in [3.63, 3.8) is 0 Å². The lowest BCUT2D eigenvalue weighted by Crippen LogP contribution is -2.11. The van der Waals surface area contributed by atoms with Crippen LogP contribution in [0, 0.1) is 0 Å². The van der Waals surface area contributed by atoms with E-state index in [4.69, 9.17) is 8.83 Å². The summed E-state index contributed by atoms with van der Waals surface area (Å²) >= 11 is 0. The Kier molecular flexibility index (Phi) is 5.82. The maximum atomic E-state index is 6.33. The summed E-state index contributed by atoms with van der Waals surface area (Å²) in [5, 5.41) is 4.46. The average Bonchev–Trinajstić information content (AvgIpc) is 3.68. The first-order chi connectivity index (χ1) is 22.3. The first kappa shape index (κ1) is 25.4. The van der Waals surface area contributed by atoms with Crippen molar-refractivity contribution in [1.82, 2.24) is 0 Å². The van der Waals surface area contributed by atoms with Gasteiger partial charge >= 0.3 is 0 Å². The van der Waals surface area contributed by atoms with E-state index in [0.717, 1.165) is 77.6 Å². The number of hydrogen-bond donors (Lipinski definition) is 0. The molecule has 0 fully saturated rings. The Morgan fingerprint density at radius 1 is 0.356 bits per heavy atom. The van der Waals surface area contributed by atoms with Crippen molar-refractivity contribution in [2.45, 2.75) is 0 Å². The number of para-hydroxylation sites is 3. The molecule has 0 aliphatic rings. The first-order valence-corrected chi connectivity index (χ1v) is 15.2. The summed E-state index contributed by atoms with van der Waals surface area (Å²) in [6.45, 7) is 0. The van der Waals surface area contributed by atoms with Gasteiger partial charge < -0.3 is 13.7 Å².